The molecule has 0 saturated carbocycles. The first-order valence-corrected chi connectivity index (χ1v) is 15.2. The minimum absolute atomic E-state index is 0.379. The molecule has 2 aliphatic rings. The van der Waals surface area contributed by atoms with Gasteiger partial charge >= 0.3 is 0 Å². The van der Waals surface area contributed by atoms with Crippen LogP contribution in [0.1, 0.15) is 25.1 Å². The molecule has 5 heteroatoms. The molecule has 1 atom stereocenters. The molecular formula is C39H28N4O. The molecule has 0 radical (unpaired) electrons. The number of benzene rings is 4. The van der Waals surface area contributed by atoms with Crippen LogP contribution in [0.15, 0.2) is 137 Å². The van der Waals surface area contributed by atoms with E-state index < -0.39 is 0 Å². The van der Waals surface area contributed by atoms with Crippen LogP contribution in [0.25, 0.3) is 66.7 Å². The average Bonchev–Trinajstić information content (AvgIpc) is 3.65. The Morgan fingerprint density at radius 1 is 0.659 bits per heavy atom. The second kappa shape index (κ2) is 10.0. The van der Waals surface area contributed by atoms with E-state index >= 15 is 0 Å². The van der Waals surface area contributed by atoms with Gasteiger partial charge in [-0.15, -0.1) is 0 Å². The highest BCUT2D eigenvalue weighted by Gasteiger charge is 2.23. The van der Waals surface area contributed by atoms with Crippen molar-refractivity contribution in [2.45, 2.75) is 19.3 Å². The fraction of sp³-hybridized carbons (Fsp3) is 0.103. The maximum Gasteiger partial charge on any atom is 0.238 e. The fourth-order valence-corrected chi connectivity index (χ4v) is 6.69. The molecule has 1 unspecified atom stereocenters. The van der Waals surface area contributed by atoms with E-state index in [4.69, 9.17) is 19.4 Å². The number of aromatic nitrogens is 4. The van der Waals surface area contributed by atoms with Gasteiger partial charge in [0, 0.05) is 38.6 Å². The van der Waals surface area contributed by atoms with Crippen LogP contribution in [0.3, 0.4) is 0 Å². The Bertz CT molecular complexity index is 2370. The number of hydrogen-bond donors (Lipinski definition) is 0. The second-order valence-electron chi connectivity index (χ2n) is 11.5. The Labute approximate surface area is 254 Å². The molecule has 3 heterocycles. The van der Waals surface area contributed by atoms with E-state index in [9.17, 15) is 0 Å². The lowest BCUT2D eigenvalue weighted by Gasteiger charge is -2.19. The number of para-hydroxylation sites is 2. The van der Waals surface area contributed by atoms with E-state index in [0.717, 1.165) is 74.1 Å². The van der Waals surface area contributed by atoms with E-state index in [1.165, 1.54) is 5.57 Å². The van der Waals surface area contributed by atoms with Gasteiger partial charge in [0.25, 0.3) is 0 Å². The molecule has 7 aromatic rings. The van der Waals surface area contributed by atoms with Gasteiger partial charge in [-0.2, -0.15) is 9.97 Å². The van der Waals surface area contributed by atoms with Crippen molar-refractivity contribution in [3.8, 4) is 17.3 Å². The molecule has 3 aromatic heterocycles. The maximum atomic E-state index is 6.56. The van der Waals surface area contributed by atoms with Crippen molar-refractivity contribution in [1.82, 2.24) is 19.5 Å². The number of hydrogen-bond acceptors (Lipinski definition) is 4. The van der Waals surface area contributed by atoms with Gasteiger partial charge in [0.05, 0.1) is 5.52 Å². The predicted molar refractivity (Wildman–Crippen MR) is 179 cm³/mol. The van der Waals surface area contributed by atoms with Crippen molar-refractivity contribution in [3.63, 3.8) is 0 Å². The van der Waals surface area contributed by atoms with Crippen molar-refractivity contribution in [3.05, 3.63) is 139 Å². The highest BCUT2D eigenvalue weighted by molar-refractivity contribution is 6.21. The predicted octanol–water partition coefficient (Wildman–Crippen LogP) is 9.77. The van der Waals surface area contributed by atoms with Gasteiger partial charge < -0.3 is 4.42 Å². The third kappa shape index (κ3) is 3.97. The topological polar surface area (TPSA) is 56.7 Å². The Kier molecular flexibility index (Phi) is 5.69. The lowest BCUT2D eigenvalue weighted by molar-refractivity contribution is 0.670. The minimum atomic E-state index is 0.379. The minimum Gasteiger partial charge on any atom is -0.454 e. The Morgan fingerprint density at radius 3 is 2.30 bits per heavy atom. The summed E-state index contributed by atoms with van der Waals surface area (Å²) in [6.07, 6.45) is 16.8. The van der Waals surface area contributed by atoms with Crippen LogP contribution in [0.2, 0.25) is 0 Å². The third-order valence-corrected chi connectivity index (χ3v) is 8.84. The summed E-state index contributed by atoms with van der Waals surface area (Å²) in [7, 11) is 0. The summed E-state index contributed by atoms with van der Waals surface area (Å²) in [6.45, 7) is 0. The summed E-state index contributed by atoms with van der Waals surface area (Å²) >= 11 is 0. The van der Waals surface area contributed by atoms with Gasteiger partial charge in [-0.05, 0) is 43.0 Å². The first kappa shape index (κ1) is 25.0. The van der Waals surface area contributed by atoms with Crippen LogP contribution >= 0.6 is 0 Å². The van der Waals surface area contributed by atoms with Crippen molar-refractivity contribution in [2.24, 2.45) is 5.92 Å². The van der Waals surface area contributed by atoms with Gasteiger partial charge in [0.2, 0.25) is 5.95 Å². The molecule has 210 valence electrons. The van der Waals surface area contributed by atoms with Crippen LogP contribution in [-0.4, -0.2) is 19.5 Å². The molecule has 0 spiro atoms. The smallest absolute Gasteiger partial charge is 0.238 e. The number of allylic oxidation sites excluding steroid dienone is 8. The summed E-state index contributed by atoms with van der Waals surface area (Å²) in [5.41, 5.74) is 7.03. The zero-order valence-electron chi connectivity index (χ0n) is 24.0. The van der Waals surface area contributed by atoms with Crippen LogP contribution in [0.5, 0.6) is 0 Å². The normalized spacial score (nSPS) is 16.7. The summed E-state index contributed by atoms with van der Waals surface area (Å²) in [6, 6.07) is 31.1. The molecule has 0 aliphatic heterocycles. The van der Waals surface area contributed by atoms with E-state index in [0.29, 0.717) is 23.5 Å². The van der Waals surface area contributed by atoms with Gasteiger partial charge in [0.1, 0.15) is 11.1 Å². The molecule has 44 heavy (non-hydrogen) atoms. The lowest BCUT2D eigenvalue weighted by Crippen LogP contribution is -2.09. The Balaban J connectivity index is 1.29. The van der Waals surface area contributed by atoms with E-state index in [1.807, 2.05) is 30.3 Å². The summed E-state index contributed by atoms with van der Waals surface area (Å²) in [5, 5.41) is 4.40. The SMILES string of the molecule is C1=CC(C2C=CC(c3nc(-c4ccccc4)nc(-n4c5ccccc5c5ccc6c7ccccc7oc6c54)n3)=CC2)=CCC1. The Hall–Kier alpha value is -5.55. The maximum absolute atomic E-state index is 6.56. The van der Waals surface area contributed by atoms with Gasteiger partial charge in [-0.3, -0.25) is 4.57 Å². The quantitative estimate of drug-likeness (QED) is 0.212. The Morgan fingerprint density at radius 2 is 1.45 bits per heavy atom. The molecule has 4 aromatic carbocycles. The first-order chi connectivity index (χ1) is 21.8. The molecule has 0 amide bonds. The molecule has 0 saturated heterocycles. The van der Waals surface area contributed by atoms with Gasteiger partial charge in [-0.1, -0.05) is 109 Å². The van der Waals surface area contributed by atoms with Crippen molar-refractivity contribution in [2.75, 3.05) is 0 Å². The fourth-order valence-electron chi connectivity index (χ4n) is 6.69. The van der Waals surface area contributed by atoms with E-state index in [-0.39, 0.29) is 0 Å². The number of nitrogens with zero attached hydrogens (tertiary/aromatic N) is 4. The van der Waals surface area contributed by atoms with Gasteiger partial charge in [0.15, 0.2) is 17.2 Å². The van der Waals surface area contributed by atoms with Crippen molar-refractivity contribution in [1.29, 1.82) is 0 Å². The first-order valence-electron chi connectivity index (χ1n) is 15.2. The highest BCUT2D eigenvalue weighted by atomic mass is 16.3. The zero-order valence-corrected chi connectivity index (χ0v) is 24.0. The standard InChI is InChI=1S/C39H28N4O/c1-3-11-25(12-4-1)26-19-21-28(22-20-26)38-40-37(27-13-5-2-6-14-27)41-39(42-38)43-33-17-9-7-15-29(33)31-23-24-32-30-16-8-10-18-34(30)44-36(32)35(31)43/h2-3,5-19,21-24,26H,1,4,20H2. The summed E-state index contributed by atoms with van der Waals surface area (Å²) in [5.74, 6) is 2.26. The number of rotatable bonds is 4. The monoisotopic (exact) mass is 568 g/mol. The molecule has 0 bridgehead atoms. The summed E-state index contributed by atoms with van der Waals surface area (Å²) in [4.78, 5) is 15.3. The molecule has 0 fully saturated rings. The van der Waals surface area contributed by atoms with Crippen LogP contribution in [-0.2, 0) is 0 Å². The molecule has 0 N–H and O–H groups in total. The van der Waals surface area contributed by atoms with Crippen LogP contribution in [0.4, 0.5) is 0 Å². The number of fused-ring (bicyclic) bond motifs is 7. The molecule has 5 nitrogen and oxygen atoms in total. The van der Waals surface area contributed by atoms with Gasteiger partial charge in [-0.25, -0.2) is 4.98 Å². The van der Waals surface area contributed by atoms with Crippen molar-refractivity contribution >= 4 is 49.3 Å². The third-order valence-electron chi connectivity index (χ3n) is 8.84. The lowest BCUT2D eigenvalue weighted by atomic mass is 9.87. The highest BCUT2D eigenvalue weighted by Crippen LogP contribution is 2.40. The molecular weight excluding hydrogens is 540 g/mol. The summed E-state index contributed by atoms with van der Waals surface area (Å²) < 4.78 is 8.72. The number of furan rings is 1. The zero-order chi connectivity index (χ0) is 29.0. The van der Waals surface area contributed by atoms with Crippen LogP contribution < -0.4 is 0 Å². The average molecular weight is 569 g/mol. The van der Waals surface area contributed by atoms with E-state index in [2.05, 4.69) is 102 Å². The molecule has 2 aliphatic carbocycles. The second-order valence-corrected chi connectivity index (χ2v) is 11.5. The van der Waals surface area contributed by atoms with Crippen molar-refractivity contribution < 1.29 is 4.42 Å². The van der Waals surface area contributed by atoms with Crippen LogP contribution in [0, 0.1) is 5.92 Å². The van der Waals surface area contributed by atoms with E-state index in [1.54, 1.807) is 0 Å². The largest absolute Gasteiger partial charge is 0.454 e. The molecule has 9 rings (SSSR count).